The highest BCUT2D eigenvalue weighted by atomic mass is 15.3. The Balaban J connectivity index is 1.83. The molecular formula is C16H24N6. The van der Waals surface area contributed by atoms with Gasteiger partial charge in [0.2, 0.25) is 5.95 Å². The van der Waals surface area contributed by atoms with Gasteiger partial charge < -0.3 is 10.2 Å². The van der Waals surface area contributed by atoms with E-state index >= 15 is 0 Å². The molecule has 3 heterocycles. The smallest absolute Gasteiger partial charge is 0.223 e. The van der Waals surface area contributed by atoms with Crippen LogP contribution in [0.5, 0.6) is 0 Å². The largest absolute Gasteiger partial charge is 0.350 e. The van der Waals surface area contributed by atoms with E-state index in [2.05, 4.69) is 34.3 Å². The number of likely N-dealkylation sites (tertiary alicyclic amines) is 1. The monoisotopic (exact) mass is 300 g/mol. The van der Waals surface area contributed by atoms with Gasteiger partial charge in [0.05, 0.1) is 11.4 Å². The molecule has 1 aliphatic rings. The van der Waals surface area contributed by atoms with Crippen molar-refractivity contribution < 1.29 is 0 Å². The van der Waals surface area contributed by atoms with E-state index in [-0.39, 0.29) is 0 Å². The Kier molecular flexibility index (Phi) is 4.11. The van der Waals surface area contributed by atoms with Crippen molar-refractivity contribution in [2.24, 2.45) is 7.05 Å². The predicted octanol–water partition coefficient (Wildman–Crippen LogP) is 2.00. The molecule has 0 saturated carbocycles. The number of aryl methyl sites for hydroxylation is 2. The third-order valence-electron chi connectivity index (χ3n) is 4.38. The van der Waals surface area contributed by atoms with Crippen LogP contribution in [-0.4, -0.2) is 50.8 Å². The molecule has 22 heavy (non-hydrogen) atoms. The van der Waals surface area contributed by atoms with Crippen LogP contribution in [0.1, 0.15) is 24.2 Å². The molecule has 6 nitrogen and oxygen atoms in total. The van der Waals surface area contributed by atoms with Crippen molar-refractivity contribution in [1.29, 1.82) is 0 Å². The molecule has 0 unspecified atom stereocenters. The Labute approximate surface area is 131 Å². The fourth-order valence-electron chi connectivity index (χ4n) is 3.18. The van der Waals surface area contributed by atoms with E-state index in [1.807, 2.05) is 30.9 Å². The van der Waals surface area contributed by atoms with Crippen molar-refractivity contribution in [3.63, 3.8) is 0 Å². The average molecular weight is 300 g/mol. The maximum Gasteiger partial charge on any atom is 0.223 e. The molecule has 6 heteroatoms. The number of nitrogens with one attached hydrogen (secondary N) is 1. The first-order valence-electron chi connectivity index (χ1n) is 7.83. The zero-order valence-corrected chi connectivity index (χ0v) is 13.8. The highest BCUT2D eigenvalue weighted by Gasteiger charge is 2.18. The quantitative estimate of drug-likeness (QED) is 0.939. The van der Waals surface area contributed by atoms with Gasteiger partial charge in [-0.15, -0.1) is 0 Å². The fourth-order valence-corrected chi connectivity index (χ4v) is 3.18. The summed E-state index contributed by atoms with van der Waals surface area (Å²) in [7, 11) is 4.12. The van der Waals surface area contributed by atoms with Crippen LogP contribution in [0.25, 0.3) is 11.3 Å². The molecule has 3 rings (SSSR count). The SMILES string of the molecule is Cc1nn(C)c(C)c1-c1ccnc(N[C@@H]2CCCN(C)C2)n1. The van der Waals surface area contributed by atoms with Gasteiger partial charge in [0.1, 0.15) is 0 Å². The first kappa shape index (κ1) is 15.0. The zero-order valence-electron chi connectivity index (χ0n) is 13.8. The van der Waals surface area contributed by atoms with E-state index in [0.29, 0.717) is 12.0 Å². The molecule has 1 saturated heterocycles. The Morgan fingerprint density at radius 1 is 1.27 bits per heavy atom. The predicted molar refractivity (Wildman–Crippen MR) is 87.8 cm³/mol. The van der Waals surface area contributed by atoms with Gasteiger partial charge in [-0.05, 0) is 46.3 Å². The Bertz CT molecular complexity index is 663. The lowest BCUT2D eigenvalue weighted by atomic mass is 10.1. The average Bonchev–Trinajstić information content (AvgIpc) is 2.72. The summed E-state index contributed by atoms with van der Waals surface area (Å²) in [5, 5.41) is 7.95. The van der Waals surface area contributed by atoms with E-state index in [1.54, 1.807) is 0 Å². The molecule has 2 aromatic heterocycles. The Morgan fingerprint density at radius 3 is 2.77 bits per heavy atom. The molecular weight excluding hydrogens is 276 g/mol. The van der Waals surface area contributed by atoms with E-state index in [0.717, 1.165) is 29.2 Å². The van der Waals surface area contributed by atoms with Crippen molar-refractivity contribution in [2.75, 3.05) is 25.5 Å². The number of hydrogen-bond acceptors (Lipinski definition) is 5. The molecule has 1 aliphatic heterocycles. The Hall–Kier alpha value is -1.95. The van der Waals surface area contributed by atoms with Crippen molar-refractivity contribution >= 4 is 5.95 Å². The number of rotatable bonds is 3. The highest BCUT2D eigenvalue weighted by Crippen LogP contribution is 2.25. The first-order chi connectivity index (χ1) is 10.5. The summed E-state index contributed by atoms with van der Waals surface area (Å²) < 4.78 is 1.90. The molecule has 118 valence electrons. The van der Waals surface area contributed by atoms with Crippen LogP contribution in [0.2, 0.25) is 0 Å². The Morgan fingerprint density at radius 2 is 2.09 bits per heavy atom. The van der Waals surface area contributed by atoms with Crippen LogP contribution >= 0.6 is 0 Å². The second kappa shape index (κ2) is 6.04. The summed E-state index contributed by atoms with van der Waals surface area (Å²) in [5.74, 6) is 0.709. The van der Waals surface area contributed by atoms with E-state index in [9.17, 15) is 0 Å². The number of anilines is 1. The molecule has 1 fully saturated rings. The van der Waals surface area contributed by atoms with Crippen LogP contribution in [0.15, 0.2) is 12.3 Å². The number of likely N-dealkylation sites (N-methyl/N-ethyl adjacent to an activating group) is 1. The van der Waals surface area contributed by atoms with E-state index < -0.39 is 0 Å². The minimum absolute atomic E-state index is 0.421. The van der Waals surface area contributed by atoms with Gasteiger partial charge in [0.15, 0.2) is 0 Å². The standard InChI is InChI=1S/C16H24N6/c1-11-15(12(2)22(4)20-11)14-7-8-17-16(19-14)18-13-6-5-9-21(3)10-13/h7-8,13H,5-6,9-10H2,1-4H3,(H,17,18,19)/t13-/m1/s1. The number of aromatic nitrogens is 4. The maximum atomic E-state index is 4.70. The van der Waals surface area contributed by atoms with Gasteiger partial charge in [-0.25, -0.2) is 9.97 Å². The number of piperidine rings is 1. The number of hydrogen-bond donors (Lipinski definition) is 1. The minimum Gasteiger partial charge on any atom is -0.350 e. The van der Waals surface area contributed by atoms with Crippen molar-refractivity contribution in [1.82, 2.24) is 24.6 Å². The molecule has 0 aromatic carbocycles. The molecule has 0 radical (unpaired) electrons. The van der Waals surface area contributed by atoms with Gasteiger partial charge in [0.25, 0.3) is 0 Å². The molecule has 0 spiro atoms. The minimum atomic E-state index is 0.421. The van der Waals surface area contributed by atoms with Crippen LogP contribution in [-0.2, 0) is 7.05 Å². The number of nitrogens with zero attached hydrogens (tertiary/aromatic N) is 5. The van der Waals surface area contributed by atoms with Crippen molar-refractivity contribution in [2.45, 2.75) is 32.7 Å². The van der Waals surface area contributed by atoms with Crippen LogP contribution in [0.4, 0.5) is 5.95 Å². The van der Waals surface area contributed by atoms with E-state index in [4.69, 9.17) is 4.98 Å². The van der Waals surface area contributed by atoms with Gasteiger partial charge in [0, 0.05) is 37.1 Å². The topological polar surface area (TPSA) is 58.9 Å². The zero-order chi connectivity index (χ0) is 15.7. The lowest BCUT2D eigenvalue weighted by molar-refractivity contribution is 0.260. The van der Waals surface area contributed by atoms with Crippen molar-refractivity contribution in [3.8, 4) is 11.3 Å². The van der Waals surface area contributed by atoms with Crippen molar-refractivity contribution in [3.05, 3.63) is 23.7 Å². The highest BCUT2D eigenvalue weighted by molar-refractivity contribution is 5.65. The normalized spacial score (nSPS) is 19.4. The lowest BCUT2D eigenvalue weighted by Gasteiger charge is -2.30. The van der Waals surface area contributed by atoms with E-state index in [1.165, 1.54) is 19.4 Å². The summed E-state index contributed by atoms with van der Waals surface area (Å²) in [6.07, 6.45) is 4.21. The van der Waals surface area contributed by atoms with Crippen LogP contribution < -0.4 is 5.32 Å². The van der Waals surface area contributed by atoms with Crippen LogP contribution in [0, 0.1) is 13.8 Å². The van der Waals surface area contributed by atoms with Gasteiger partial charge in [-0.2, -0.15) is 5.10 Å². The van der Waals surface area contributed by atoms with Gasteiger partial charge in [-0.1, -0.05) is 0 Å². The lowest BCUT2D eigenvalue weighted by Crippen LogP contribution is -2.40. The summed E-state index contributed by atoms with van der Waals surface area (Å²) in [4.78, 5) is 11.4. The fraction of sp³-hybridized carbons (Fsp3) is 0.562. The molecule has 1 N–H and O–H groups in total. The summed E-state index contributed by atoms with van der Waals surface area (Å²) in [6.45, 7) is 6.31. The second-order valence-corrected chi connectivity index (χ2v) is 6.18. The van der Waals surface area contributed by atoms with Gasteiger partial charge >= 0.3 is 0 Å². The molecule has 0 amide bonds. The van der Waals surface area contributed by atoms with Crippen LogP contribution in [0.3, 0.4) is 0 Å². The first-order valence-corrected chi connectivity index (χ1v) is 7.83. The molecule has 2 aromatic rings. The maximum absolute atomic E-state index is 4.70. The van der Waals surface area contributed by atoms with Gasteiger partial charge in [-0.3, -0.25) is 4.68 Å². The molecule has 0 bridgehead atoms. The second-order valence-electron chi connectivity index (χ2n) is 6.18. The summed E-state index contributed by atoms with van der Waals surface area (Å²) in [5.41, 5.74) is 4.17. The third kappa shape index (κ3) is 2.97. The third-order valence-corrected chi connectivity index (χ3v) is 4.38. The molecule has 0 aliphatic carbocycles. The summed E-state index contributed by atoms with van der Waals surface area (Å²) in [6, 6.07) is 2.37. The molecule has 1 atom stereocenters. The summed E-state index contributed by atoms with van der Waals surface area (Å²) >= 11 is 0.